The van der Waals surface area contributed by atoms with Gasteiger partial charge in [-0.25, -0.2) is 8.42 Å². The molecule has 1 spiro atoms. The molecule has 3 aliphatic rings. The number of amides is 1. The van der Waals surface area contributed by atoms with Crippen LogP contribution in [0.4, 0.5) is 0 Å². The Bertz CT molecular complexity index is 872. The highest BCUT2D eigenvalue weighted by Gasteiger charge is 2.47. The van der Waals surface area contributed by atoms with E-state index < -0.39 is 10.0 Å². The van der Waals surface area contributed by atoms with Crippen molar-refractivity contribution in [1.82, 2.24) is 9.21 Å². The van der Waals surface area contributed by atoms with E-state index in [-0.39, 0.29) is 21.8 Å². The van der Waals surface area contributed by atoms with Crippen LogP contribution < -0.4 is 0 Å². The van der Waals surface area contributed by atoms with Crippen molar-refractivity contribution in [3.05, 3.63) is 29.8 Å². The van der Waals surface area contributed by atoms with Crippen molar-refractivity contribution in [3.8, 4) is 6.07 Å². The molecule has 0 radical (unpaired) electrons. The van der Waals surface area contributed by atoms with Crippen molar-refractivity contribution >= 4 is 15.9 Å². The van der Waals surface area contributed by atoms with Gasteiger partial charge in [0.05, 0.1) is 10.5 Å². The molecule has 26 heavy (non-hydrogen) atoms. The number of nitrogens with zero attached hydrogens (tertiary/aromatic N) is 3. The maximum absolute atomic E-state index is 13.2. The Morgan fingerprint density at radius 2 is 1.92 bits per heavy atom. The Balaban J connectivity index is 1.60. The van der Waals surface area contributed by atoms with Gasteiger partial charge in [-0.15, -0.1) is 0 Å². The molecule has 0 aromatic heterocycles. The maximum atomic E-state index is 13.2. The van der Waals surface area contributed by atoms with Crippen LogP contribution in [0.2, 0.25) is 0 Å². The molecule has 2 aliphatic heterocycles. The van der Waals surface area contributed by atoms with Crippen molar-refractivity contribution in [2.75, 3.05) is 19.6 Å². The zero-order valence-electron chi connectivity index (χ0n) is 14.7. The van der Waals surface area contributed by atoms with Crippen molar-refractivity contribution in [1.29, 1.82) is 5.26 Å². The molecule has 1 atom stereocenters. The molecule has 0 bridgehead atoms. The molecular weight excluding hydrogens is 350 g/mol. The highest BCUT2D eigenvalue weighted by molar-refractivity contribution is 7.89. The lowest BCUT2D eigenvalue weighted by atomic mass is 9.74. The lowest BCUT2D eigenvalue weighted by Crippen LogP contribution is -2.55. The second-order valence-corrected chi connectivity index (χ2v) is 9.71. The van der Waals surface area contributed by atoms with Crippen molar-refractivity contribution in [2.45, 2.75) is 49.5 Å². The number of benzene rings is 1. The van der Waals surface area contributed by atoms with Gasteiger partial charge in [-0.2, -0.15) is 9.57 Å². The summed E-state index contributed by atoms with van der Waals surface area (Å²) in [7, 11) is -3.71. The molecule has 6 nitrogen and oxygen atoms in total. The molecule has 1 aromatic carbocycles. The average Bonchev–Trinajstić information content (AvgIpc) is 3.49. The first-order chi connectivity index (χ1) is 12.5. The van der Waals surface area contributed by atoms with Gasteiger partial charge >= 0.3 is 0 Å². The number of hydrogen-bond donors (Lipinski definition) is 0. The second kappa shape index (κ2) is 6.36. The Morgan fingerprint density at radius 1 is 1.15 bits per heavy atom. The monoisotopic (exact) mass is 373 g/mol. The lowest BCUT2D eigenvalue weighted by Gasteiger charge is -2.48. The fourth-order valence-corrected chi connectivity index (χ4v) is 6.12. The van der Waals surface area contributed by atoms with E-state index in [0.717, 1.165) is 32.1 Å². The highest BCUT2D eigenvalue weighted by atomic mass is 32.2. The van der Waals surface area contributed by atoms with E-state index in [0.29, 0.717) is 32.1 Å². The van der Waals surface area contributed by atoms with Gasteiger partial charge in [0.25, 0.3) is 0 Å². The predicted octanol–water partition coefficient (Wildman–Crippen LogP) is 2.11. The third-order valence-electron chi connectivity index (χ3n) is 5.93. The number of likely N-dealkylation sites (tertiary alicyclic amines) is 1. The minimum Gasteiger partial charge on any atom is -0.339 e. The SMILES string of the molecule is N#Cc1ccccc1S(=O)(=O)N1CCC[C@]2(CCC(=O)N(C3CC3)C2)C1. The topological polar surface area (TPSA) is 81.5 Å². The zero-order chi connectivity index (χ0) is 18.4. The molecular formula is C19H23N3O3S. The number of rotatable bonds is 3. The standard InChI is InChI=1S/C19H23N3O3S/c20-12-15-4-1-2-5-17(15)26(24,25)21-11-3-9-19(13-21)10-8-18(23)22(14-19)16-6-7-16/h1-2,4-5,16H,3,6-11,13-14H2/t19-/m0/s1. The number of piperidine rings is 2. The van der Waals surface area contributed by atoms with Crippen LogP contribution in [-0.2, 0) is 14.8 Å². The van der Waals surface area contributed by atoms with Crippen molar-refractivity contribution in [2.24, 2.45) is 5.41 Å². The molecule has 1 amide bonds. The Kier molecular flexibility index (Phi) is 4.28. The van der Waals surface area contributed by atoms with E-state index >= 15 is 0 Å². The molecule has 3 fully saturated rings. The molecule has 0 unspecified atom stereocenters. The van der Waals surface area contributed by atoms with E-state index in [9.17, 15) is 18.5 Å². The van der Waals surface area contributed by atoms with Crippen LogP contribution in [0.15, 0.2) is 29.2 Å². The summed E-state index contributed by atoms with van der Waals surface area (Å²) < 4.78 is 27.9. The van der Waals surface area contributed by atoms with E-state index in [2.05, 4.69) is 0 Å². The molecule has 1 saturated carbocycles. The van der Waals surface area contributed by atoms with Gasteiger partial charge < -0.3 is 4.90 Å². The van der Waals surface area contributed by atoms with E-state index in [1.807, 2.05) is 11.0 Å². The first kappa shape index (κ1) is 17.5. The van der Waals surface area contributed by atoms with Crippen LogP contribution in [0.25, 0.3) is 0 Å². The molecule has 138 valence electrons. The van der Waals surface area contributed by atoms with Gasteiger partial charge in [0, 0.05) is 37.5 Å². The molecule has 4 rings (SSSR count). The number of carbonyl (C=O) groups is 1. The molecule has 7 heteroatoms. The minimum absolute atomic E-state index is 0.0884. The maximum Gasteiger partial charge on any atom is 0.244 e. The van der Waals surface area contributed by atoms with Gasteiger partial charge in [0.1, 0.15) is 6.07 Å². The zero-order valence-corrected chi connectivity index (χ0v) is 15.5. The highest BCUT2D eigenvalue weighted by Crippen LogP contribution is 2.43. The Hall–Kier alpha value is -1.91. The van der Waals surface area contributed by atoms with Crippen LogP contribution in [0.3, 0.4) is 0 Å². The van der Waals surface area contributed by atoms with Gasteiger partial charge in [-0.3, -0.25) is 4.79 Å². The largest absolute Gasteiger partial charge is 0.339 e. The van der Waals surface area contributed by atoms with Gasteiger partial charge in [-0.05, 0) is 44.2 Å². The number of nitriles is 1. The van der Waals surface area contributed by atoms with Gasteiger partial charge in [0.2, 0.25) is 15.9 Å². The Labute approximate surface area is 154 Å². The average molecular weight is 373 g/mol. The predicted molar refractivity (Wildman–Crippen MR) is 95.6 cm³/mol. The number of hydrogen-bond acceptors (Lipinski definition) is 4. The van der Waals surface area contributed by atoms with E-state index in [1.54, 1.807) is 18.2 Å². The van der Waals surface area contributed by atoms with Crippen molar-refractivity contribution in [3.63, 3.8) is 0 Å². The summed E-state index contributed by atoms with van der Waals surface area (Å²) in [5.74, 6) is 0.216. The normalized spacial score (nSPS) is 27.5. The fraction of sp³-hybridized carbons (Fsp3) is 0.579. The molecule has 0 N–H and O–H groups in total. The number of sulfonamides is 1. The van der Waals surface area contributed by atoms with Crippen LogP contribution in [0.1, 0.15) is 44.1 Å². The van der Waals surface area contributed by atoms with Crippen LogP contribution in [-0.4, -0.2) is 49.2 Å². The second-order valence-electron chi connectivity index (χ2n) is 7.80. The molecule has 1 aliphatic carbocycles. The third-order valence-corrected chi connectivity index (χ3v) is 7.84. The van der Waals surface area contributed by atoms with E-state index in [1.165, 1.54) is 10.4 Å². The summed E-state index contributed by atoms with van der Waals surface area (Å²) in [6.07, 6.45) is 5.15. The third kappa shape index (κ3) is 3.01. The lowest BCUT2D eigenvalue weighted by molar-refractivity contribution is -0.139. The number of carbonyl (C=O) groups excluding carboxylic acids is 1. The minimum atomic E-state index is -3.71. The van der Waals surface area contributed by atoms with Crippen LogP contribution >= 0.6 is 0 Å². The summed E-state index contributed by atoms with van der Waals surface area (Å²) in [6, 6.07) is 8.74. The molecule has 2 heterocycles. The first-order valence-corrected chi connectivity index (χ1v) is 10.7. The first-order valence-electron chi connectivity index (χ1n) is 9.24. The quantitative estimate of drug-likeness (QED) is 0.813. The summed E-state index contributed by atoms with van der Waals surface area (Å²) in [4.78, 5) is 14.3. The summed E-state index contributed by atoms with van der Waals surface area (Å²) in [5, 5.41) is 9.28. The van der Waals surface area contributed by atoms with E-state index in [4.69, 9.17) is 0 Å². The van der Waals surface area contributed by atoms with Gasteiger partial charge in [0.15, 0.2) is 0 Å². The summed E-state index contributed by atoms with van der Waals surface area (Å²) in [5.41, 5.74) is 0.0363. The van der Waals surface area contributed by atoms with Crippen LogP contribution in [0.5, 0.6) is 0 Å². The molecule has 2 saturated heterocycles. The Morgan fingerprint density at radius 3 is 2.65 bits per heavy atom. The summed E-state index contributed by atoms with van der Waals surface area (Å²) in [6.45, 7) is 1.58. The summed E-state index contributed by atoms with van der Waals surface area (Å²) >= 11 is 0. The van der Waals surface area contributed by atoms with Crippen molar-refractivity contribution < 1.29 is 13.2 Å². The molecule has 1 aromatic rings. The van der Waals surface area contributed by atoms with Gasteiger partial charge in [-0.1, -0.05) is 12.1 Å². The smallest absolute Gasteiger partial charge is 0.244 e. The van der Waals surface area contributed by atoms with Crippen LogP contribution in [0, 0.1) is 16.7 Å². The fourth-order valence-electron chi connectivity index (χ4n) is 4.39.